The molecule has 2 rings (SSSR count). The zero-order valence-corrected chi connectivity index (χ0v) is 17.2. The van der Waals surface area contributed by atoms with Crippen molar-refractivity contribution < 1.29 is 38.9 Å². The zero-order valence-electron chi connectivity index (χ0n) is 17.2. The van der Waals surface area contributed by atoms with Crippen LogP contribution in [0.5, 0.6) is 0 Å². The number of fused-ring (bicyclic) bond motifs is 1. The number of carbonyl (C=O) groups excluding carboxylic acids is 2. The largest absolute Gasteiger partial charge is 0.478 e. The summed E-state index contributed by atoms with van der Waals surface area (Å²) in [6.45, 7) is 6.53. The van der Waals surface area contributed by atoms with Crippen LogP contribution in [0, 0.1) is 0 Å². The maximum absolute atomic E-state index is 12.5. The highest BCUT2D eigenvalue weighted by Crippen LogP contribution is 2.36. The van der Waals surface area contributed by atoms with Crippen LogP contribution in [-0.4, -0.2) is 47.3 Å². The smallest absolute Gasteiger partial charge is 0.336 e. The van der Waals surface area contributed by atoms with Crippen LogP contribution in [0.1, 0.15) is 71.4 Å². The zero-order chi connectivity index (χ0) is 22.6. The van der Waals surface area contributed by atoms with Gasteiger partial charge in [-0.05, 0) is 67.8 Å². The maximum Gasteiger partial charge on any atom is 0.336 e. The fourth-order valence-electron chi connectivity index (χ4n) is 3.40. The molecule has 8 nitrogen and oxygen atoms in total. The van der Waals surface area contributed by atoms with Crippen LogP contribution < -0.4 is 0 Å². The van der Waals surface area contributed by atoms with Crippen LogP contribution in [0.2, 0.25) is 0 Å². The first kappa shape index (κ1) is 22.9. The van der Waals surface area contributed by atoms with Crippen molar-refractivity contribution in [3.63, 3.8) is 0 Å². The minimum atomic E-state index is -1.31. The van der Waals surface area contributed by atoms with E-state index in [-0.39, 0.29) is 35.5 Å². The molecule has 0 saturated heterocycles. The molecule has 0 aliphatic carbocycles. The van der Waals surface area contributed by atoms with Gasteiger partial charge < -0.3 is 19.7 Å². The number of esters is 2. The lowest BCUT2D eigenvalue weighted by Crippen LogP contribution is -2.21. The van der Waals surface area contributed by atoms with Crippen molar-refractivity contribution in [1.82, 2.24) is 0 Å². The summed E-state index contributed by atoms with van der Waals surface area (Å²) in [6.07, 6.45) is 0. The molecule has 0 fully saturated rings. The second-order valence-corrected chi connectivity index (χ2v) is 6.75. The molecule has 2 atom stereocenters. The first-order valence-corrected chi connectivity index (χ1v) is 9.54. The Morgan fingerprint density at radius 1 is 0.867 bits per heavy atom. The van der Waals surface area contributed by atoms with Gasteiger partial charge in [-0.3, -0.25) is 9.59 Å². The third kappa shape index (κ3) is 4.42. The van der Waals surface area contributed by atoms with E-state index in [2.05, 4.69) is 0 Å². The average molecular weight is 416 g/mol. The van der Waals surface area contributed by atoms with E-state index in [0.29, 0.717) is 10.8 Å². The van der Waals surface area contributed by atoms with Gasteiger partial charge in [0.25, 0.3) is 0 Å². The van der Waals surface area contributed by atoms with Crippen molar-refractivity contribution in [2.24, 2.45) is 0 Å². The fourth-order valence-corrected chi connectivity index (χ4v) is 3.40. The second kappa shape index (κ2) is 9.39. The van der Waals surface area contributed by atoms with E-state index in [0.717, 1.165) is 0 Å². The topological polar surface area (TPSA) is 127 Å². The van der Waals surface area contributed by atoms with Crippen LogP contribution in [0.25, 0.3) is 10.8 Å². The number of carboxylic acid groups (broad SMARTS) is 2. The van der Waals surface area contributed by atoms with E-state index in [1.54, 1.807) is 13.8 Å². The van der Waals surface area contributed by atoms with Crippen molar-refractivity contribution in [2.75, 3.05) is 13.2 Å². The number of benzene rings is 2. The van der Waals surface area contributed by atoms with E-state index in [9.17, 15) is 29.4 Å². The van der Waals surface area contributed by atoms with Crippen molar-refractivity contribution in [2.45, 2.75) is 39.5 Å². The molecule has 0 aliphatic rings. The SMILES string of the molecule is CCOC(=O)[C@@H](C)c1cc2cc(C(=O)O)ccc2c([C@H](C)C(=O)OCC)c1C(=O)O. The van der Waals surface area contributed by atoms with Gasteiger partial charge in [0, 0.05) is 0 Å². The summed E-state index contributed by atoms with van der Waals surface area (Å²) in [5.74, 6) is -5.60. The fraction of sp³-hybridized carbons (Fsp3) is 0.364. The molecular weight excluding hydrogens is 392 g/mol. The highest BCUT2D eigenvalue weighted by atomic mass is 16.5. The molecular formula is C22H24O8. The van der Waals surface area contributed by atoms with Crippen LogP contribution in [-0.2, 0) is 19.1 Å². The molecule has 2 aromatic rings. The average Bonchev–Trinajstić information content (AvgIpc) is 2.70. The Morgan fingerprint density at radius 3 is 1.93 bits per heavy atom. The van der Waals surface area contributed by atoms with Gasteiger partial charge in [0.05, 0.1) is 36.2 Å². The quantitative estimate of drug-likeness (QED) is 0.625. The summed E-state index contributed by atoms with van der Waals surface area (Å²) in [5, 5.41) is 20.1. The first-order valence-electron chi connectivity index (χ1n) is 9.54. The van der Waals surface area contributed by atoms with Gasteiger partial charge in [0.1, 0.15) is 0 Å². The van der Waals surface area contributed by atoms with Gasteiger partial charge in [-0.25, -0.2) is 9.59 Å². The Hall–Kier alpha value is -3.42. The first-order chi connectivity index (χ1) is 14.1. The maximum atomic E-state index is 12.5. The number of hydrogen-bond donors (Lipinski definition) is 2. The predicted octanol–water partition coefficient (Wildman–Crippen LogP) is 3.57. The lowest BCUT2D eigenvalue weighted by molar-refractivity contribution is -0.145. The highest BCUT2D eigenvalue weighted by Gasteiger charge is 2.31. The van der Waals surface area contributed by atoms with E-state index in [1.165, 1.54) is 38.1 Å². The number of carboxylic acids is 2. The van der Waals surface area contributed by atoms with Crippen molar-refractivity contribution in [1.29, 1.82) is 0 Å². The van der Waals surface area contributed by atoms with Crippen LogP contribution in [0.4, 0.5) is 0 Å². The molecule has 0 aromatic heterocycles. The summed E-state index contributed by atoms with van der Waals surface area (Å²) >= 11 is 0. The molecule has 0 heterocycles. The minimum absolute atomic E-state index is 0.00458. The van der Waals surface area contributed by atoms with Gasteiger partial charge in [0.2, 0.25) is 0 Å². The number of carbonyl (C=O) groups is 4. The molecule has 0 aliphatic heterocycles. The number of aromatic carboxylic acids is 2. The summed E-state index contributed by atoms with van der Waals surface area (Å²) in [5.41, 5.74) is 0.116. The second-order valence-electron chi connectivity index (χ2n) is 6.75. The van der Waals surface area contributed by atoms with Gasteiger partial charge in [-0.15, -0.1) is 0 Å². The number of ether oxygens (including phenoxy) is 2. The lowest BCUT2D eigenvalue weighted by atomic mass is 9.83. The van der Waals surface area contributed by atoms with Crippen molar-refractivity contribution in [3.05, 3.63) is 46.5 Å². The monoisotopic (exact) mass is 416 g/mol. The van der Waals surface area contributed by atoms with Crippen molar-refractivity contribution in [3.8, 4) is 0 Å². The molecule has 0 spiro atoms. The molecule has 0 bridgehead atoms. The van der Waals surface area contributed by atoms with Gasteiger partial charge in [0.15, 0.2) is 0 Å². The highest BCUT2D eigenvalue weighted by molar-refractivity contribution is 6.05. The van der Waals surface area contributed by atoms with E-state index < -0.39 is 35.7 Å². The molecule has 0 amide bonds. The van der Waals surface area contributed by atoms with E-state index >= 15 is 0 Å². The van der Waals surface area contributed by atoms with Gasteiger partial charge in [-0.1, -0.05) is 6.07 Å². The molecule has 2 N–H and O–H groups in total. The molecule has 8 heteroatoms. The van der Waals surface area contributed by atoms with Crippen LogP contribution in [0.3, 0.4) is 0 Å². The molecule has 0 radical (unpaired) electrons. The Labute approximate surface area is 173 Å². The molecule has 0 unspecified atom stereocenters. The molecule has 2 aromatic carbocycles. The molecule has 30 heavy (non-hydrogen) atoms. The Morgan fingerprint density at radius 2 is 1.43 bits per heavy atom. The number of hydrogen-bond acceptors (Lipinski definition) is 6. The Kier molecular flexibility index (Phi) is 7.15. The third-order valence-electron chi connectivity index (χ3n) is 4.85. The van der Waals surface area contributed by atoms with E-state index in [4.69, 9.17) is 9.47 Å². The lowest BCUT2D eigenvalue weighted by Gasteiger charge is -2.22. The standard InChI is InChI=1S/C22H24O8/c1-5-29-21(27)11(3)16-10-14-9-13(19(23)24)7-8-15(14)17(18(16)20(25)26)12(4)22(28)30-6-2/h7-12H,5-6H2,1-4H3,(H,23,24)(H,25,26)/t11-,12-/m0/s1. The minimum Gasteiger partial charge on any atom is -0.478 e. The normalized spacial score (nSPS) is 12.8. The van der Waals surface area contributed by atoms with Crippen LogP contribution >= 0.6 is 0 Å². The van der Waals surface area contributed by atoms with Gasteiger partial charge in [-0.2, -0.15) is 0 Å². The predicted molar refractivity (Wildman–Crippen MR) is 108 cm³/mol. The third-order valence-corrected chi connectivity index (χ3v) is 4.85. The molecule has 0 saturated carbocycles. The van der Waals surface area contributed by atoms with Crippen molar-refractivity contribution >= 4 is 34.6 Å². The van der Waals surface area contributed by atoms with E-state index in [1.807, 2.05) is 0 Å². The summed E-state index contributed by atoms with van der Waals surface area (Å²) < 4.78 is 10.1. The van der Waals surface area contributed by atoms with Gasteiger partial charge >= 0.3 is 23.9 Å². The summed E-state index contributed by atoms with van der Waals surface area (Å²) in [7, 11) is 0. The summed E-state index contributed by atoms with van der Waals surface area (Å²) in [6, 6.07) is 5.65. The van der Waals surface area contributed by atoms with Crippen LogP contribution in [0.15, 0.2) is 24.3 Å². The Balaban J connectivity index is 2.91. The Bertz CT molecular complexity index is 1010. The summed E-state index contributed by atoms with van der Waals surface area (Å²) in [4.78, 5) is 48.4. The molecule has 160 valence electrons. The number of rotatable bonds is 8.